The first-order valence-corrected chi connectivity index (χ1v) is 7.74. The van der Waals surface area contributed by atoms with Crippen molar-refractivity contribution in [2.24, 2.45) is 0 Å². The van der Waals surface area contributed by atoms with Crippen LogP contribution in [0.25, 0.3) is 0 Å². The Balaban J connectivity index is 1.97. The van der Waals surface area contributed by atoms with Crippen molar-refractivity contribution in [1.82, 2.24) is 4.98 Å². The fourth-order valence-electron chi connectivity index (χ4n) is 2.48. The van der Waals surface area contributed by atoms with E-state index in [4.69, 9.17) is 9.47 Å². The number of rotatable bonds is 4. The van der Waals surface area contributed by atoms with Crippen LogP contribution in [0.5, 0.6) is 11.5 Å². The number of methoxy groups -OCH3 is 1. The van der Waals surface area contributed by atoms with Crippen molar-refractivity contribution in [3.63, 3.8) is 0 Å². The second-order valence-electron chi connectivity index (χ2n) is 5.40. The molecule has 2 aromatic rings. The molecule has 1 fully saturated rings. The third-order valence-electron chi connectivity index (χ3n) is 3.77. The lowest BCUT2D eigenvalue weighted by atomic mass is 10.2. The summed E-state index contributed by atoms with van der Waals surface area (Å²) in [4.78, 5) is 16.4. The van der Waals surface area contributed by atoms with Gasteiger partial charge in [-0.05, 0) is 18.2 Å². The van der Waals surface area contributed by atoms with E-state index in [0.717, 1.165) is 0 Å². The van der Waals surface area contributed by atoms with Crippen LogP contribution < -0.4 is 9.64 Å². The third kappa shape index (κ3) is 3.57. The molecule has 0 amide bonds. The summed E-state index contributed by atoms with van der Waals surface area (Å²) in [6.45, 7) is 1.20. The minimum atomic E-state index is -1.55. The SMILES string of the molecule is COC(=O)c1cccc(Oc2c(F)c(F)nc(N3CCOCC3)c2F)c1. The van der Waals surface area contributed by atoms with E-state index < -0.39 is 29.3 Å². The Morgan fingerprint density at radius 2 is 1.92 bits per heavy atom. The molecule has 1 saturated heterocycles. The van der Waals surface area contributed by atoms with Gasteiger partial charge in [-0.25, -0.2) is 4.79 Å². The fraction of sp³-hybridized carbons (Fsp3) is 0.294. The number of pyridine rings is 1. The fourth-order valence-corrected chi connectivity index (χ4v) is 2.48. The maximum Gasteiger partial charge on any atom is 0.337 e. The highest BCUT2D eigenvalue weighted by Crippen LogP contribution is 2.34. The molecule has 0 N–H and O–H groups in total. The summed E-state index contributed by atoms with van der Waals surface area (Å²) >= 11 is 0. The zero-order valence-corrected chi connectivity index (χ0v) is 13.8. The Morgan fingerprint density at radius 3 is 2.62 bits per heavy atom. The molecule has 0 atom stereocenters. The molecule has 0 bridgehead atoms. The van der Waals surface area contributed by atoms with Gasteiger partial charge in [-0.1, -0.05) is 6.07 Å². The van der Waals surface area contributed by atoms with Crippen LogP contribution in [0.1, 0.15) is 10.4 Å². The van der Waals surface area contributed by atoms with Crippen LogP contribution >= 0.6 is 0 Å². The van der Waals surface area contributed by atoms with Crippen molar-refractivity contribution in [2.75, 3.05) is 38.3 Å². The number of hydrogen-bond donors (Lipinski definition) is 0. The number of aromatic nitrogens is 1. The molecule has 0 aliphatic carbocycles. The van der Waals surface area contributed by atoms with Gasteiger partial charge in [0.1, 0.15) is 5.75 Å². The highest BCUT2D eigenvalue weighted by Gasteiger charge is 2.27. The normalized spacial score (nSPS) is 14.2. The van der Waals surface area contributed by atoms with Gasteiger partial charge in [0, 0.05) is 13.1 Å². The first-order chi connectivity index (χ1) is 12.5. The average Bonchev–Trinajstić information content (AvgIpc) is 2.68. The first-order valence-electron chi connectivity index (χ1n) is 7.74. The summed E-state index contributed by atoms with van der Waals surface area (Å²) in [5.74, 6) is -6.15. The monoisotopic (exact) mass is 368 g/mol. The van der Waals surface area contributed by atoms with E-state index in [1.807, 2.05) is 0 Å². The molecular weight excluding hydrogens is 353 g/mol. The van der Waals surface area contributed by atoms with Crippen molar-refractivity contribution in [2.45, 2.75) is 0 Å². The molecule has 6 nitrogen and oxygen atoms in total. The number of nitrogens with zero attached hydrogens (tertiary/aromatic N) is 2. The molecule has 3 rings (SSSR count). The second kappa shape index (κ2) is 7.61. The minimum Gasteiger partial charge on any atom is -0.465 e. The molecule has 0 spiro atoms. The largest absolute Gasteiger partial charge is 0.465 e. The molecule has 138 valence electrons. The number of ether oxygens (including phenoxy) is 3. The number of hydrogen-bond acceptors (Lipinski definition) is 6. The van der Waals surface area contributed by atoms with Crippen LogP contribution in [0.15, 0.2) is 24.3 Å². The minimum absolute atomic E-state index is 0.0516. The van der Waals surface area contributed by atoms with Crippen molar-refractivity contribution in [3.05, 3.63) is 47.4 Å². The molecule has 0 saturated carbocycles. The van der Waals surface area contributed by atoms with Gasteiger partial charge in [-0.3, -0.25) is 0 Å². The Bertz CT molecular complexity index is 826. The van der Waals surface area contributed by atoms with Crippen LogP contribution in [-0.2, 0) is 9.47 Å². The lowest BCUT2D eigenvalue weighted by molar-refractivity contribution is 0.0600. The summed E-state index contributed by atoms with van der Waals surface area (Å²) in [6, 6.07) is 5.49. The number of benzene rings is 1. The van der Waals surface area contributed by atoms with Crippen LogP contribution in [0.3, 0.4) is 0 Å². The molecule has 9 heteroatoms. The third-order valence-corrected chi connectivity index (χ3v) is 3.77. The molecule has 26 heavy (non-hydrogen) atoms. The molecule has 2 heterocycles. The number of morpholine rings is 1. The maximum absolute atomic E-state index is 14.7. The van der Waals surface area contributed by atoms with Crippen molar-refractivity contribution in [1.29, 1.82) is 0 Å². The summed E-state index contributed by atoms with van der Waals surface area (Å²) < 4.78 is 57.6. The Kier molecular flexibility index (Phi) is 5.27. The summed E-state index contributed by atoms with van der Waals surface area (Å²) in [5.41, 5.74) is 0.119. The van der Waals surface area contributed by atoms with Gasteiger partial charge in [0.2, 0.25) is 17.4 Å². The quantitative estimate of drug-likeness (QED) is 0.611. The van der Waals surface area contributed by atoms with Gasteiger partial charge in [-0.15, -0.1) is 0 Å². The maximum atomic E-state index is 14.7. The molecule has 0 radical (unpaired) electrons. The molecule has 1 aromatic carbocycles. The Labute approximate surface area is 147 Å². The number of halogens is 3. The van der Waals surface area contributed by atoms with E-state index in [-0.39, 0.29) is 30.2 Å². The summed E-state index contributed by atoms with van der Waals surface area (Å²) in [6.07, 6.45) is 0. The van der Waals surface area contributed by atoms with E-state index in [9.17, 15) is 18.0 Å². The smallest absolute Gasteiger partial charge is 0.337 e. The van der Waals surface area contributed by atoms with Gasteiger partial charge in [0.15, 0.2) is 5.82 Å². The molecule has 1 aliphatic rings. The lowest BCUT2D eigenvalue weighted by Crippen LogP contribution is -2.37. The highest BCUT2D eigenvalue weighted by molar-refractivity contribution is 5.89. The predicted molar refractivity (Wildman–Crippen MR) is 85.0 cm³/mol. The van der Waals surface area contributed by atoms with Crippen LogP contribution in [-0.4, -0.2) is 44.4 Å². The van der Waals surface area contributed by atoms with E-state index in [0.29, 0.717) is 13.2 Å². The van der Waals surface area contributed by atoms with Gasteiger partial charge >= 0.3 is 5.97 Å². The molecule has 1 aliphatic heterocycles. The van der Waals surface area contributed by atoms with E-state index in [2.05, 4.69) is 9.72 Å². The van der Waals surface area contributed by atoms with Gasteiger partial charge in [-0.2, -0.15) is 18.2 Å². The average molecular weight is 368 g/mol. The Hall–Kier alpha value is -2.81. The van der Waals surface area contributed by atoms with Gasteiger partial charge < -0.3 is 19.1 Å². The summed E-state index contributed by atoms with van der Waals surface area (Å²) in [5, 5.41) is 0. The number of esters is 1. The first kappa shape index (κ1) is 18.0. The standard InChI is InChI=1S/C17H15F3N2O4/c1-24-17(23)10-3-2-4-11(9-10)26-14-12(18)15(20)21-16(13(14)19)22-5-7-25-8-6-22/h2-4,9H,5-8H2,1H3. The van der Waals surface area contributed by atoms with Crippen LogP contribution in [0.4, 0.5) is 19.0 Å². The van der Waals surface area contributed by atoms with E-state index in [1.165, 1.54) is 36.3 Å². The van der Waals surface area contributed by atoms with Crippen LogP contribution in [0.2, 0.25) is 0 Å². The summed E-state index contributed by atoms with van der Waals surface area (Å²) in [7, 11) is 1.20. The topological polar surface area (TPSA) is 60.9 Å². The number of carbonyl (C=O) groups excluding carboxylic acids is 1. The number of anilines is 1. The molecule has 1 aromatic heterocycles. The van der Waals surface area contributed by atoms with Crippen molar-refractivity contribution < 1.29 is 32.2 Å². The predicted octanol–water partition coefficient (Wildman–Crippen LogP) is 2.91. The van der Waals surface area contributed by atoms with Crippen LogP contribution in [0, 0.1) is 17.6 Å². The lowest BCUT2D eigenvalue weighted by Gasteiger charge is -2.28. The second-order valence-corrected chi connectivity index (χ2v) is 5.40. The molecule has 0 unspecified atom stereocenters. The van der Waals surface area contributed by atoms with E-state index in [1.54, 1.807) is 0 Å². The Morgan fingerprint density at radius 1 is 1.19 bits per heavy atom. The van der Waals surface area contributed by atoms with E-state index >= 15 is 0 Å². The van der Waals surface area contributed by atoms with Crippen molar-refractivity contribution in [3.8, 4) is 11.5 Å². The highest BCUT2D eigenvalue weighted by atomic mass is 19.2. The van der Waals surface area contributed by atoms with Gasteiger partial charge in [0.05, 0.1) is 25.9 Å². The van der Waals surface area contributed by atoms with Gasteiger partial charge in [0.25, 0.3) is 5.95 Å². The van der Waals surface area contributed by atoms with Crippen molar-refractivity contribution >= 4 is 11.8 Å². The number of carbonyl (C=O) groups is 1. The zero-order valence-electron chi connectivity index (χ0n) is 13.8. The molecular formula is C17H15F3N2O4. The zero-order chi connectivity index (χ0) is 18.7.